The van der Waals surface area contributed by atoms with Crippen molar-refractivity contribution in [3.63, 3.8) is 0 Å². The number of carbonyl (C=O) groups is 1. The first kappa shape index (κ1) is 18.9. The van der Waals surface area contributed by atoms with Crippen molar-refractivity contribution in [1.82, 2.24) is 19.8 Å². The quantitative estimate of drug-likeness (QED) is 0.688. The van der Waals surface area contributed by atoms with Gasteiger partial charge in [-0.25, -0.2) is 4.98 Å². The number of nitrogens with zero attached hydrogens (tertiary/aromatic N) is 3. The van der Waals surface area contributed by atoms with E-state index in [-0.39, 0.29) is 24.1 Å². The normalized spacial score (nSPS) is 15.9. The number of aryl methyl sites for hydroxylation is 2. The highest BCUT2D eigenvalue weighted by atomic mass is 32.1. The molecule has 1 unspecified atom stereocenters. The molecule has 3 aromatic rings. The van der Waals surface area contributed by atoms with Crippen LogP contribution in [0.3, 0.4) is 0 Å². The van der Waals surface area contributed by atoms with Crippen LogP contribution in [0, 0.1) is 13.8 Å². The monoisotopic (exact) mass is 400 g/mol. The Morgan fingerprint density at radius 2 is 2.14 bits per heavy atom. The van der Waals surface area contributed by atoms with Crippen LogP contribution >= 0.6 is 11.3 Å². The van der Waals surface area contributed by atoms with Gasteiger partial charge in [0.15, 0.2) is 0 Å². The van der Waals surface area contributed by atoms with Crippen molar-refractivity contribution < 1.29 is 9.21 Å². The minimum Gasteiger partial charge on any atom is -0.468 e. The molecule has 1 aliphatic heterocycles. The fourth-order valence-corrected chi connectivity index (χ4v) is 4.73. The van der Waals surface area contributed by atoms with Gasteiger partial charge >= 0.3 is 0 Å². The van der Waals surface area contributed by atoms with E-state index in [9.17, 15) is 9.59 Å². The molecule has 0 radical (unpaired) electrons. The van der Waals surface area contributed by atoms with Crippen LogP contribution in [-0.2, 0) is 11.3 Å². The first-order valence-electron chi connectivity index (χ1n) is 9.54. The van der Waals surface area contributed by atoms with Gasteiger partial charge in [-0.2, -0.15) is 0 Å². The standard InChI is InChI=1S/C20H24N4O3S/c1-13-14(2)28-19-18(13)20(26)24(12-22-19)11-17(25)21-10-15(16-6-5-9-27-16)23-7-3-4-8-23/h5-6,9,12,15H,3-4,7-8,10-11H2,1-2H3,(H,21,25). The van der Waals surface area contributed by atoms with Crippen molar-refractivity contribution >= 4 is 27.5 Å². The van der Waals surface area contributed by atoms with Crippen molar-refractivity contribution in [3.05, 3.63) is 51.3 Å². The molecule has 0 bridgehead atoms. The summed E-state index contributed by atoms with van der Waals surface area (Å²) in [5.41, 5.74) is 0.781. The summed E-state index contributed by atoms with van der Waals surface area (Å²) in [6.45, 7) is 6.31. The molecule has 1 N–H and O–H groups in total. The van der Waals surface area contributed by atoms with Crippen molar-refractivity contribution in [2.45, 2.75) is 39.3 Å². The first-order chi connectivity index (χ1) is 13.5. The van der Waals surface area contributed by atoms with E-state index in [2.05, 4.69) is 15.2 Å². The van der Waals surface area contributed by atoms with Crippen LogP contribution in [-0.4, -0.2) is 40.0 Å². The van der Waals surface area contributed by atoms with Crippen LogP contribution in [0.4, 0.5) is 0 Å². The summed E-state index contributed by atoms with van der Waals surface area (Å²) >= 11 is 1.51. The van der Waals surface area contributed by atoms with E-state index in [0.717, 1.165) is 47.0 Å². The maximum absolute atomic E-state index is 12.8. The summed E-state index contributed by atoms with van der Waals surface area (Å²) < 4.78 is 6.97. The highest BCUT2D eigenvalue weighted by molar-refractivity contribution is 7.18. The number of rotatable bonds is 6. The molecule has 3 aromatic heterocycles. The lowest BCUT2D eigenvalue weighted by Gasteiger charge is -2.26. The molecular formula is C20H24N4O3S. The molecule has 1 atom stereocenters. The Bertz CT molecular complexity index is 1030. The molecule has 4 rings (SSSR count). The largest absolute Gasteiger partial charge is 0.468 e. The van der Waals surface area contributed by atoms with Crippen molar-refractivity contribution in [2.24, 2.45) is 0 Å². The van der Waals surface area contributed by atoms with E-state index in [0.29, 0.717) is 11.9 Å². The molecule has 1 saturated heterocycles. The fraction of sp³-hybridized carbons (Fsp3) is 0.450. The van der Waals surface area contributed by atoms with Gasteiger partial charge in [0, 0.05) is 11.4 Å². The summed E-state index contributed by atoms with van der Waals surface area (Å²) in [4.78, 5) is 33.8. The number of carbonyl (C=O) groups excluding carboxylic acids is 1. The maximum Gasteiger partial charge on any atom is 0.262 e. The number of fused-ring (bicyclic) bond motifs is 1. The minimum atomic E-state index is -0.205. The van der Waals surface area contributed by atoms with Gasteiger partial charge < -0.3 is 9.73 Å². The molecule has 0 aromatic carbocycles. The lowest BCUT2D eigenvalue weighted by atomic mass is 10.2. The van der Waals surface area contributed by atoms with Crippen LogP contribution in [0.2, 0.25) is 0 Å². The average molecular weight is 401 g/mol. The van der Waals surface area contributed by atoms with Crippen molar-refractivity contribution in [2.75, 3.05) is 19.6 Å². The Morgan fingerprint density at radius 3 is 2.86 bits per heavy atom. The van der Waals surface area contributed by atoms with E-state index in [1.54, 1.807) is 6.26 Å². The number of amides is 1. The number of hydrogen-bond donors (Lipinski definition) is 1. The van der Waals surface area contributed by atoms with Gasteiger partial charge in [-0.1, -0.05) is 0 Å². The van der Waals surface area contributed by atoms with Gasteiger partial charge in [0.05, 0.1) is 24.0 Å². The molecule has 1 aliphatic rings. The number of aromatic nitrogens is 2. The van der Waals surface area contributed by atoms with Crippen molar-refractivity contribution in [3.8, 4) is 0 Å². The Balaban J connectivity index is 1.46. The third kappa shape index (κ3) is 3.62. The topological polar surface area (TPSA) is 80.4 Å². The smallest absolute Gasteiger partial charge is 0.262 e. The van der Waals surface area contributed by atoms with Gasteiger partial charge in [0.25, 0.3) is 5.56 Å². The predicted molar refractivity (Wildman–Crippen MR) is 109 cm³/mol. The number of thiophene rings is 1. The van der Waals surface area contributed by atoms with E-state index in [1.807, 2.05) is 26.0 Å². The molecule has 4 heterocycles. The first-order valence-corrected chi connectivity index (χ1v) is 10.4. The average Bonchev–Trinajstić information content (AvgIpc) is 3.42. The van der Waals surface area contributed by atoms with Crippen LogP contribution < -0.4 is 10.9 Å². The van der Waals surface area contributed by atoms with E-state index in [1.165, 1.54) is 22.2 Å². The Morgan fingerprint density at radius 1 is 1.36 bits per heavy atom. The summed E-state index contributed by atoms with van der Waals surface area (Å²) in [6.07, 6.45) is 5.44. The van der Waals surface area contributed by atoms with E-state index < -0.39 is 0 Å². The lowest BCUT2D eigenvalue weighted by molar-refractivity contribution is -0.122. The Kier molecular flexibility index (Phi) is 5.32. The molecule has 7 nitrogen and oxygen atoms in total. The maximum atomic E-state index is 12.8. The SMILES string of the molecule is Cc1sc2ncn(CC(=O)NCC(c3ccco3)N3CCCC3)c(=O)c2c1C. The molecule has 148 valence electrons. The summed E-state index contributed by atoms with van der Waals surface area (Å²) in [7, 11) is 0. The Hall–Kier alpha value is -2.45. The molecule has 1 fully saturated rings. The van der Waals surface area contributed by atoms with E-state index >= 15 is 0 Å². The molecule has 0 saturated carbocycles. The van der Waals surface area contributed by atoms with Gasteiger partial charge in [-0.15, -0.1) is 11.3 Å². The predicted octanol–water partition coefficient (Wildman–Crippen LogP) is 2.62. The van der Waals surface area contributed by atoms with Crippen LogP contribution in [0.5, 0.6) is 0 Å². The zero-order valence-corrected chi connectivity index (χ0v) is 16.9. The van der Waals surface area contributed by atoms with Gasteiger partial charge in [0.1, 0.15) is 17.1 Å². The fourth-order valence-electron chi connectivity index (χ4n) is 3.75. The second-order valence-corrected chi connectivity index (χ2v) is 8.42. The van der Waals surface area contributed by atoms with Crippen LogP contribution in [0.15, 0.2) is 33.9 Å². The zero-order chi connectivity index (χ0) is 19.7. The van der Waals surface area contributed by atoms with Crippen molar-refractivity contribution in [1.29, 1.82) is 0 Å². The summed E-state index contributed by atoms with van der Waals surface area (Å²) in [5.74, 6) is 0.649. The lowest BCUT2D eigenvalue weighted by Crippen LogP contribution is -2.39. The number of hydrogen-bond acceptors (Lipinski definition) is 6. The number of likely N-dealkylation sites (tertiary alicyclic amines) is 1. The minimum absolute atomic E-state index is 0.0144. The molecular weight excluding hydrogens is 376 g/mol. The van der Waals surface area contributed by atoms with Crippen LogP contribution in [0.1, 0.15) is 35.1 Å². The van der Waals surface area contributed by atoms with E-state index in [4.69, 9.17) is 4.42 Å². The third-order valence-corrected chi connectivity index (χ3v) is 6.53. The Labute approximate surface area is 167 Å². The summed E-state index contributed by atoms with van der Waals surface area (Å²) in [5, 5.41) is 3.58. The third-order valence-electron chi connectivity index (χ3n) is 5.42. The van der Waals surface area contributed by atoms with Gasteiger partial charge in [-0.05, 0) is 57.5 Å². The second kappa shape index (κ2) is 7.89. The highest BCUT2D eigenvalue weighted by Crippen LogP contribution is 2.26. The molecule has 1 amide bonds. The summed E-state index contributed by atoms with van der Waals surface area (Å²) in [6, 6.07) is 3.82. The molecule has 8 heteroatoms. The number of furan rings is 1. The molecule has 28 heavy (non-hydrogen) atoms. The van der Waals surface area contributed by atoms with Gasteiger partial charge in [-0.3, -0.25) is 19.1 Å². The van der Waals surface area contributed by atoms with Crippen LogP contribution in [0.25, 0.3) is 10.2 Å². The molecule has 0 aliphatic carbocycles. The van der Waals surface area contributed by atoms with Gasteiger partial charge in [0.2, 0.25) is 5.91 Å². The number of nitrogens with one attached hydrogen (secondary N) is 1. The highest BCUT2D eigenvalue weighted by Gasteiger charge is 2.26. The second-order valence-electron chi connectivity index (χ2n) is 7.22. The molecule has 0 spiro atoms. The zero-order valence-electron chi connectivity index (χ0n) is 16.1.